The molecule has 21 heavy (non-hydrogen) atoms. The highest BCUT2D eigenvalue weighted by Crippen LogP contribution is 2.18. The molecule has 1 aromatic heterocycles. The van der Waals surface area contributed by atoms with Crippen LogP contribution >= 0.6 is 0 Å². The topological polar surface area (TPSA) is 85.2 Å². The number of rotatable bonds is 4. The molecule has 114 valence electrons. The quantitative estimate of drug-likeness (QED) is 0.847. The molecule has 1 unspecified atom stereocenters. The normalized spacial score (nSPS) is 23.0. The van der Waals surface area contributed by atoms with Crippen molar-refractivity contribution in [3.8, 4) is 0 Å². The summed E-state index contributed by atoms with van der Waals surface area (Å²) in [6.07, 6.45) is 6.56. The monoisotopic (exact) mass is 292 g/mol. The van der Waals surface area contributed by atoms with Gasteiger partial charge in [-0.25, -0.2) is 0 Å². The van der Waals surface area contributed by atoms with Gasteiger partial charge in [0.05, 0.1) is 11.9 Å². The number of hydrogen-bond acceptors (Lipinski definition) is 4. The highest BCUT2D eigenvalue weighted by Gasteiger charge is 2.27. The van der Waals surface area contributed by atoms with Gasteiger partial charge in [0.2, 0.25) is 11.8 Å². The van der Waals surface area contributed by atoms with Crippen LogP contribution in [0.15, 0.2) is 12.4 Å². The summed E-state index contributed by atoms with van der Waals surface area (Å²) in [5.74, 6) is 0.341. The molecule has 2 amide bonds. The van der Waals surface area contributed by atoms with E-state index >= 15 is 0 Å². The third-order valence-corrected chi connectivity index (χ3v) is 4.00. The van der Waals surface area contributed by atoms with Crippen molar-refractivity contribution < 1.29 is 14.3 Å². The van der Waals surface area contributed by atoms with Crippen molar-refractivity contribution in [2.75, 3.05) is 18.5 Å². The smallest absolute Gasteiger partial charge is 0.247 e. The van der Waals surface area contributed by atoms with Crippen LogP contribution in [0.25, 0.3) is 0 Å². The van der Waals surface area contributed by atoms with Crippen LogP contribution in [0.2, 0.25) is 0 Å². The zero-order valence-corrected chi connectivity index (χ0v) is 11.9. The number of ether oxygens (including phenoxy) is 1. The summed E-state index contributed by atoms with van der Waals surface area (Å²) in [5, 5.41) is 9.73. The Hall–Kier alpha value is -1.89. The summed E-state index contributed by atoms with van der Waals surface area (Å²) in [4.78, 5) is 23.1. The van der Waals surface area contributed by atoms with E-state index in [-0.39, 0.29) is 11.8 Å². The first-order valence-electron chi connectivity index (χ1n) is 7.41. The molecular formula is C14H20N4O3. The minimum atomic E-state index is -0.420. The molecule has 3 heterocycles. The molecule has 0 aliphatic carbocycles. The standard InChI is InChI=1S/C14H20N4O3/c19-13-2-1-12(17-13)14(20)16-11-7-15-18(9-11)8-10-3-5-21-6-4-10/h7,9-10,12H,1-6,8H2,(H,16,20)(H,17,19). The van der Waals surface area contributed by atoms with Crippen LogP contribution in [0.4, 0.5) is 5.69 Å². The van der Waals surface area contributed by atoms with Gasteiger partial charge in [-0.05, 0) is 25.2 Å². The zero-order chi connectivity index (χ0) is 14.7. The van der Waals surface area contributed by atoms with E-state index in [0.717, 1.165) is 32.6 Å². The number of carbonyl (C=O) groups excluding carboxylic acids is 2. The van der Waals surface area contributed by atoms with Gasteiger partial charge < -0.3 is 15.4 Å². The van der Waals surface area contributed by atoms with Crippen LogP contribution in [-0.4, -0.2) is 40.9 Å². The van der Waals surface area contributed by atoms with Gasteiger partial charge in [-0.3, -0.25) is 14.3 Å². The minimum Gasteiger partial charge on any atom is -0.381 e. The summed E-state index contributed by atoms with van der Waals surface area (Å²) >= 11 is 0. The van der Waals surface area contributed by atoms with Gasteiger partial charge in [0.25, 0.3) is 0 Å². The van der Waals surface area contributed by atoms with Crippen molar-refractivity contribution in [1.29, 1.82) is 0 Å². The van der Waals surface area contributed by atoms with Gasteiger partial charge >= 0.3 is 0 Å². The second-order valence-corrected chi connectivity index (χ2v) is 5.65. The van der Waals surface area contributed by atoms with Crippen molar-refractivity contribution in [2.24, 2.45) is 5.92 Å². The molecule has 2 saturated heterocycles. The number of anilines is 1. The van der Waals surface area contributed by atoms with Crippen molar-refractivity contribution in [2.45, 2.75) is 38.3 Å². The molecule has 0 aromatic carbocycles. The summed E-state index contributed by atoms with van der Waals surface area (Å²) in [6.45, 7) is 2.48. The predicted molar refractivity (Wildman–Crippen MR) is 75.6 cm³/mol. The Labute approximate surface area is 123 Å². The molecule has 0 saturated carbocycles. The molecule has 3 rings (SSSR count). The molecule has 2 aliphatic rings. The maximum absolute atomic E-state index is 12.0. The van der Waals surface area contributed by atoms with Crippen molar-refractivity contribution >= 4 is 17.5 Å². The molecule has 2 fully saturated rings. The second kappa shape index (κ2) is 6.26. The van der Waals surface area contributed by atoms with E-state index in [0.29, 0.717) is 24.4 Å². The molecule has 7 nitrogen and oxygen atoms in total. The fourth-order valence-electron chi connectivity index (χ4n) is 2.76. The largest absolute Gasteiger partial charge is 0.381 e. The average molecular weight is 292 g/mol. The van der Waals surface area contributed by atoms with Gasteiger partial charge in [0.15, 0.2) is 0 Å². The number of amides is 2. The van der Waals surface area contributed by atoms with Crippen molar-refractivity contribution in [1.82, 2.24) is 15.1 Å². The van der Waals surface area contributed by atoms with E-state index in [2.05, 4.69) is 15.7 Å². The Balaban J connectivity index is 1.52. The van der Waals surface area contributed by atoms with Crippen LogP contribution in [-0.2, 0) is 20.9 Å². The number of nitrogens with zero attached hydrogens (tertiary/aromatic N) is 2. The fourth-order valence-corrected chi connectivity index (χ4v) is 2.76. The van der Waals surface area contributed by atoms with E-state index < -0.39 is 6.04 Å². The first-order chi connectivity index (χ1) is 10.2. The minimum absolute atomic E-state index is 0.0645. The molecular weight excluding hydrogens is 272 g/mol. The van der Waals surface area contributed by atoms with Crippen LogP contribution in [0.1, 0.15) is 25.7 Å². The Morgan fingerprint density at radius 1 is 1.43 bits per heavy atom. The van der Waals surface area contributed by atoms with Crippen molar-refractivity contribution in [3.05, 3.63) is 12.4 Å². The number of aromatic nitrogens is 2. The summed E-state index contributed by atoms with van der Waals surface area (Å²) < 4.78 is 7.20. The molecule has 1 aromatic rings. The van der Waals surface area contributed by atoms with Gasteiger partial charge in [-0.1, -0.05) is 0 Å². The van der Waals surface area contributed by atoms with Crippen LogP contribution in [0.5, 0.6) is 0 Å². The molecule has 0 spiro atoms. The SMILES string of the molecule is O=C1CCC(C(=O)Nc2cnn(CC3CCOCC3)c2)N1. The van der Waals surface area contributed by atoms with Crippen LogP contribution < -0.4 is 10.6 Å². The predicted octanol–water partition coefficient (Wildman–Crippen LogP) is 0.527. The van der Waals surface area contributed by atoms with Crippen LogP contribution in [0.3, 0.4) is 0 Å². The fraction of sp³-hybridized carbons (Fsp3) is 0.643. The molecule has 0 bridgehead atoms. The van der Waals surface area contributed by atoms with E-state index in [1.54, 1.807) is 6.20 Å². The second-order valence-electron chi connectivity index (χ2n) is 5.65. The first-order valence-corrected chi connectivity index (χ1v) is 7.41. The lowest BCUT2D eigenvalue weighted by molar-refractivity contribution is -0.122. The van der Waals surface area contributed by atoms with Gasteiger partial charge in [0.1, 0.15) is 6.04 Å². The van der Waals surface area contributed by atoms with Gasteiger partial charge in [-0.2, -0.15) is 5.10 Å². The van der Waals surface area contributed by atoms with E-state index in [4.69, 9.17) is 4.74 Å². The third-order valence-electron chi connectivity index (χ3n) is 4.00. The third kappa shape index (κ3) is 3.60. The maximum Gasteiger partial charge on any atom is 0.247 e. The molecule has 1 atom stereocenters. The summed E-state index contributed by atoms with van der Waals surface area (Å²) in [7, 11) is 0. The van der Waals surface area contributed by atoms with Gasteiger partial charge in [-0.15, -0.1) is 0 Å². The van der Waals surface area contributed by atoms with Gasteiger partial charge in [0, 0.05) is 32.4 Å². The zero-order valence-electron chi connectivity index (χ0n) is 11.9. The van der Waals surface area contributed by atoms with E-state index in [1.165, 1.54) is 0 Å². The molecule has 2 N–H and O–H groups in total. The Morgan fingerprint density at radius 3 is 2.95 bits per heavy atom. The maximum atomic E-state index is 12.0. The Bertz CT molecular complexity index is 522. The van der Waals surface area contributed by atoms with Crippen LogP contribution in [0, 0.1) is 5.92 Å². The summed E-state index contributed by atoms with van der Waals surface area (Å²) in [5.41, 5.74) is 0.674. The Morgan fingerprint density at radius 2 is 2.24 bits per heavy atom. The lowest BCUT2D eigenvalue weighted by Gasteiger charge is -2.21. The molecule has 7 heteroatoms. The van der Waals surface area contributed by atoms with Crippen molar-refractivity contribution in [3.63, 3.8) is 0 Å². The molecule has 2 aliphatic heterocycles. The van der Waals surface area contributed by atoms with E-state index in [9.17, 15) is 9.59 Å². The van der Waals surface area contributed by atoms with E-state index in [1.807, 2.05) is 10.9 Å². The number of nitrogens with one attached hydrogen (secondary N) is 2. The molecule has 0 radical (unpaired) electrons. The Kier molecular flexibility index (Phi) is 4.19. The average Bonchev–Trinajstić information content (AvgIpc) is 3.09. The highest BCUT2D eigenvalue weighted by molar-refractivity contribution is 5.98. The summed E-state index contributed by atoms with van der Waals surface area (Å²) in [6, 6.07) is -0.420. The lowest BCUT2D eigenvalue weighted by Crippen LogP contribution is -2.37. The highest BCUT2D eigenvalue weighted by atomic mass is 16.5. The first kappa shape index (κ1) is 14.1. The number of hydrogen-bond donors (Lipinski definition) is 2. The number of carbonyl (C=O) groups is 2. The lowest BCUT2D eigenvalue weighted by atomic mass is 10.0.